The predicted molar refractivity (Wildman–Crippen MR) is 73.9 cm³/mol. The third kappa shape index (κ3) is 4.51. The lowest BCUT2D eigenvalue weighted by molar-refractivity contribution is -0.163. The molecule has 2 amide bonds. The lowest BCUT2D eigenvalue weighted by Gasteiger charge is -2.28. The van der Waals surface area contributed by atoms with E-state index in [4.69, 9.17) is 4.74 Å². The highest BCUT2D eigenvalue weighted by Gasteiger charge is 2.37. The van der Waals surface area contributed by atoms with Crippen LogP contribution >= 0.6 is 0 Å². The summed E-state index contributed by atoms with van der Waals surface area (Å²) in [5.41, 5.74) is -0.565. The van der Waals surface area contributed by atoms with Crippen LogP contribution in [0.25, 0.3) is 0 Å². The summed E-state index contributed by atoms with van der Waals surface area (Å²) < 4.78 is 5.34. The molecule has 1 fully saturated rings. The molecule has 114 valence electrons. The highest BCUT2D eigenvalue weighted by molar-refractivity contribution is 5.88. The third-order valence-electron chi connectivity index (χ3n) is 3.16. The molecule has 0 saturated carbocycles. The van der Waals surface area contributed by atoms with Crippen molar-refractivity contribution in [2.45, 2.75) is 52.2 Å². The molecular formula is C14H24N2O4. The maximum atomic E-state index is 12.2. The lowest BCUT2D eigenvalue weighted by atomic mass is 10.1. The fourth-order valence-corrected chi connectivity index (χ4v) is 2.09. The number of likely N-dealkylation sites (N-methyl/N-ethyl adjacent to an activating group) is 1. The van der Waals surface area contributed by atoms with Gasteiger partial charge < -0.3 is 14.5 Å². The van der Waals surface area contributed by atoms with E-state index < -0.39 is 11.6 Å². The first-order valence-electron chi connectivity index (χ1n) is 6.86. The number of hydrogen-bond acceptors (Lipinski definition) is 4. The second kappa shape index (κ2) is 6.24. The molecule has 0 bridgehead atoms. The first kappa shape index (κ1) is 16.5. The van der Waals surface area contributed by atoms with Gasteiger partial charge >= 0.3 is 5.97 Å². The Hall–Kier alpha value is -1.59. The average molecular weight is 284 g/mol. The van der Waals surface area contributed by atoms with E-state index >= 15 is 0 Å². The molecule has 0 spiro atoms. The second-order valence-electron chi connectivity index (χ2n) is 6.15. The molecule has 20 heavy (non-hydrogen) atoms. The van der Waals surface area contributed by atoms with Gasteiger partial charge in [0.25, 0.3) is 0 Å². The molecule has 0 radical (unpaired) electrons. The van der Waals surface area contributed by atoms with Crippen molar-refractivity contribution in [2.75, 3.05) is 20.1 Å². The molecule has 0 aromatic rings. The topological polar surface area (TPSA) is 66.9 Å². The van der Waals surface area contributed by atoms with Crippen LogP contribution in [0.3, 0.4) is 0 Å². The zero-order chi connectivity index (χ0) is 15.5. The van der Waals surface area contributed by atoms with Crippen LogP contribution < -0.4 is 0 Å². The molecule has 1 aliphatic rings. The highest BCUT2D eigenvalue weighted by Crippen LogP contribution is 2.21. The molecule has 0 aromatic heterocycles. The largest absolute Gasteiger partial charge is 0.458 e. The monoisotopic (exact) mass is 284 g/mol. The minimum atomic E-state index is -0.565. The summed E-state index contributed by atoms with van der Waals surface area (Å²) in [4.78, 5) is 38.3. The number of amides is 2. The molecule has 0 aliphatic carbocycles. The molecule has 6 nitrogen and oxygen atoms in total. The van der Waals surface area contributed by atoms with Gasteiger partial charge in [0.05, 0.1) is 6.54 Å². The zero-order valence-electron chi connectivity index (χ0n) is 12.9. The van der Waals surface area contributed by atoms with Gasteiger partial charge in [-0.3, -0.25) is 9.59 Å². The Morgan fingerprint density at radius 2 is 1.90 bits per heavy atom. The molecule has 0 N–H and O–H groups in total. The van der Waals surface area contributed by atoms with Gasteiger partial charge in [0, 0.05) is 20.5 Å². The van der Waals surface area contributed by atoms with Gasteiger partial charge in [-0.15, -0.1) is 0 Å². The number of carbonyl (C=O) groups is 3. The summed E-state index contributed by atoms with van der Waals surface area (Å²) in [5.74, 6) is -0.753. The summed E-state index contributed by atoms with van der Waals surface area (Å²) in [5, 5.41) is 0. The van der Waals surface area contributed by atoms with Gasteiger partial charge in [0.1, 0.15) is 11.6 Å². The van der Waals surface area contributed by atoms with E-state index in [9.17, 15) is 14.4 Å². The molecule has 1 atom stereocenters. The van der Waals surface area contributed by atoms with Crippen LogP contribution in [0, 0.1) is 0 Å². The lowest BCUT2D eigenvalue weighted by Crippen LogP contribution is -2.47. The SMILES string of the molecule is CC(=O)N(C)CC(=O)N1CCC[C@@H]1C(=O)OC(C)(C)C. The third-order valence-corrected chi connectivity index (χ3v) is 3.16. The second-order valence-corrected chi connectivity index (χ2v) is 6.15. The first-order valence-corrected chi connectivity index (χ1v) is 6.86. The van der Waals surface area contributed by atoms with Crippen LogP contribution in [0.15, 0.2) is 0 Å². The van der Waals surface area contributed by atoms with Gasteiger partial charge in [-0.25, -0.2) is 4.79 Å². The van der Waals surface area contributed by atoms with E-state index in [1.54, 1.807) is 27.8 Å². The minimum Gasteiger partial charge on any atom is -0.458 e. The van der Waals surface area contributed by atoms with E-state index in [1.807, 2.05) is 0 Å². The van der Waals surface area contributed by atoms with Crippen LogP contribution in [-0.4, -0.2) is 59.4 Å². The molecule has 1 heterocycles. The van der Waals surface area contributed by atoms with Crippen LogP contribution in [0.2, 0.25) is 0 Å². The van der Waals surface area contributed by atoms with Gasteiger partial charge in [0.15, 0.2) is 0 Å². The minimum absolute atomic E-state index is 0.00533. The van der Waals surface area contributed by atoms with E-state index in [0.29, 0.717) is 13.0 Å². The molecule has 1 saturated heterocycles. The van der Waals surface area contributed by atoms with Crippen molar-refractivity contribution in [1.29, 1.82) is 0 Å². The van der Waals surface area contributed by atoms with Crippen molar-refractivity contribution < 1.29 is 19.1 Å². The fourth-order valence-electron chi connectivity index (χ4n) is 2.09. The smallest absolute Gasteiger partial charge is 0.329 e. The van der Waals surface area contributed by atoms with E-state index in [0.717, 1.165) is 6.42 Å². The van der Waals surface area contributed by atoms with Crippen LogP contribution in [0.4, 0.5) is 0 Å². The van der Waals surface area contributed by atoms with E-state index in [-0.39, 0.29) is 24.3 Å². The molecule has 1 rings (SSSR count). The maximum Gasteiger partial charge on any atom is 0.329 e. The summed E-state index contributed by atoms with van der Waals surface area (Å²) in [6.07, 6.45) is 1.39. The van der Waals surface area contributed by atoms with Crippen molar-refractivity contribution in [3.8, 4) is 0 Å². The Kier molecular flexibility index (Phi) is 5.14. The van der Waals surface area contributed by atoms with Crippen molar-refractivity contribution >= 4 is 17.8 Å². The number of nitrogens with zero attached hydrogens (tertiary/aromatic N) is 2. The van der Waals surface area contributed by atoms with Crippen LogP contribution in [-0.2, 0) is 19.1 Å². The number of hydrogen-bond donors (Lipinski definition) is 0. The average Bonchev–Trinajstić information content (AvgIpc) is 2.74. The van der Waals surface area contributed by atoms with E-state index in [1.165, 1.54) is 16.7 Å². The quantitative estimate of drug-likeness (QED) is 0.719. The van der Waals surface area contributed by atoms with Crippen molar-refractivity contribution in [2.24, 2.45) is 0 Å². The Balaban J connectivity index is 2.67. The van der Waals surface area contributed by atoms with Crippen LogP contribution in [0.1, 0.15) is 40.5 Å². The van der Waals surface area contributed by atoms with Gasteiger partial charge in [-0.1, -0.05) is 0 Å². The molecule has 0 unspecified atom stereocenters. The molecular weight excluding hydrogens is 260 g/mol. The number of likely N-dealkylation sites (tertiary alicyclic amines) is 1. The zero-order valence-corrected chi connectivity index (χ0v) is 12.9. The number of esters is 1. The number of ether oxygens (including phenoxy) is 1. The van der Waals surface area contributed by atoms with Gasteiger partial charge in [-0.2, -0.15) is 0 Å². The van der Waals surface area contributed by atoms with Gasteiger partial charge in [-0.05, 0) is 33.6 Å². The maximum absolute atomic E-state index is 12.2. The first-order chi connectivity index (χ1) is 9.11. The van der Waals surface area contributed by atoms with E-state index in [2.05, 4.69) is 0 Å². The Morgan fingerprint density at radius 1 is 1.30 bits per heavy atom. The summed E-state index contributed by atoms with van der Waals surface area (Å²) >= 11 is 0. The fraction of sp³-hybridized carbons (Fsp3) is 0.786. The van der Waals surface area contributed by atoms with Crippen molar-refractivity contribution in [3.05, 3.63) is 0 Å². The number of rotatable bonds is 3. The Bertz CT molecular complexity index is 400. The molecule has 0 aromatic carbocycles. The Labute approximate surface area is 120 Å². The molecule has 6 heteroatoms. The standard InChI is InChI=1S/C14H24N2O4/c1-10(17)15(5)9-12(18)16-8-6-7-11(16)13(19)20-14(2,3)4/h11H,6-9H2,1-5H3/t11-/m1/s1. The van der Waals surface area contributed by atoms with Crippen molar-refractivity contribution in [1.82, 2.24) is 9.80 Å². The summed E-state index contributed by atoms with van der Waals surface area (Å²) in [6, 6.07) is -0.526. The van der Waals surface area contributed by atoms with Gasteiger partial charge in [0.2, 0.25) is 11.8 Å². The van der Waals surface area contributed by atoms with Crippen molar-refractivity contribution in [3.63, 3.8) is 0 Å². The highest BCUT2D eigenvalue weighted by atomic mass is 16.6. The normalized spacial score (nSPS) is 18.9. The Morgan fingerprint density at radius 3 is 2.40 bits per heavy atom. The number of carbonyl (C=O) groups excluding carboxylic acids is 3. The summed E-state index contributed by atoms with van der Waals surface area (Å²) in [6.45, 7) is 7.34. The summed E-state index contributed by atoms with van der Waals surface area (Å²) in [7, 11) is 1.57. The predicted octanol–water partition coefficient (Wildman–Crippen LogP) is 0.797. The van der Waals surface area contributed by atoms with Crippen LogP contribution in [0.5, 0.6) is 0 Å². The molecule has 1 aliphatic heterocycles.